The second-order valence-electron chi connectivity index (χ2n) is 7.47. The van der Waals surface area contributed by atoms with E-state index < -0.39 is 0 Å². The zero-order chi connectivity index (χ0) is 21.5. The lowest BCUT2D eigenvalue weighted by atomic mass is 10.1. The minimum Gasteiger partial charge on any atom is -0.208 e. The van der Waals surface area contributed by atoms with E-state index >= 15 is 0 Å². The quantitative estimate of drug-likeness (QED) is 0.275. The molecule has 0 spiro atoms. The molecule has 2 heterocycles. The predicted molar refractivity (Wildman–Crippen MR) is 134 cm³/mol. The number of thiophene rings is 1. The van der Waals surface area contributed by atoms with Gasteiger partial charge in [-0.1, -0.05) is 84.4 Å². The Kier molecular flexibility index (Phi) is 4.67. The van der Waals surface area contributed by atoms with E-state index in [9.17, 15) is 0 Å². The highest BCUT2D eigenvalue weighted by Crippen LogP contribution is 2.39. The van der Waals surface area contributed by atoms with Crippen LogP contribution in [0.2, 0.25) is 5.02 Å². The zero-order valence-corrected chi connectivity index (χ0v) is 18.4. The second kappa shape index (κ2) is 7.83. The highest BCUT2D eigenvalue weighted by molar-refractivity contribution is 7.26. The summed E-state index contributed by atoms with van der Waals surface area (Å²) in [5, 5.41) is 3.09. The van der Waals surface area contributed by atoms with Crippen molar-refractivity contribution in [3.63, 3.8) is 0 Å². The van der Waals surface area contributed by atoms with Crippen LogP contribution in [-0.4, -0.2) is 15.0 Å². The van der Waals surface area contributed by atoms with Gasteiger partial charge in [0, 0.05) is 32.2 Å². The molecule has 152 valence electrons. The summed E-state index contributed by atoms with van der Waals surface area (Å²) in [6, 6.07) is 32.4. The van der Waals surface area contributed by atoms with E-state index in [2.05, 4.69) is 24.3 Å². The van der Waals surface area contributed by atoms with Crippen LogP contribution in [0, 0.1) is 0 Å². The number of halogens is 1. The molecular formula is C27H16ClN3S. The fourth-order valence-corrected chi connectivity index (χ4v) is 5.22. The van der Waals surface area contributed by atoms with Crippen molar-refractivity contribution in [3.8, 4) is 34.2 Å². The summed E-state index contributed by atoms with van der Waals surface area (Å²) in [4.78, 5) is 14.5. The highest BCUT2D eigenvalue weighted by atomic mass is 35.5. The van der Waals surface area contributed by atoms with Gasteiger partial charge in [-0.3, -0.25) is 0 Å². The Morgan fingerprint density at radius 2 is 1.12 bits per heavy atom. The van der Waals surface area contributed by atoms with Gasteiger partial charge in [0.15, 0.2) is 17.5 Å². The van der Waals surface area contributed by atoms with Gasteiger partial charge in [-0.15, -0.1) is 11.3 Å². The number of nitrogens with zero attached hydrogens (tertiary/aromatic N) is 3. The minimum absolute atomic E-state index is 0.654. The predicted octanol–water partition coefficient (Wildman–Crippen LogP) is 7.89. The molecule has 0 saturated heterocycles. The number of hydrogen-bond donors (Lipinski definition) is 0. The Morgan fingerprint density at radius 1 is 0.531 bits per heavy atom. The summed E-state index contributed by atoms with van der Waals surface area (Å²) in [5.41, 5.74) is 2.87. The Morgan fingerprint density at radius 3 is 1.75 bits per heavy atom. The Bertz CT molecular complexity index is 1520. The molecule has 3 nitrogen and oxygen atoms in total. The molecule has 5 heteroatoms. The fourth-order valence-electron chi connectivity index (χ4n) is 3.84. The van der Waals surface area contributed by atoms with Crippen LogP contribution in [-0.2, 0) is 0 Å². The third-order valence-corrected chi connectivity index (χ3v) is 7.05. The summed E-state index contributed by atoms with van der Waals surface area (Å²) in [7, 11) is 0. The van der Waals surface area contributed by atoms with Crippen LogP contribution in [0.4, 0.5) is 0 Å². The molecule has 0 aliphatic carbocycles. The minimum atomic E-state index is 0.654. The summed E-state index contributed by atoms with van der Waals surface area (Å²) in [6.45, 7) is 0. The first-order valence-corrected chi connectivity index (χ1v) is 11.4. The van der Waals surface area contributed by atoms with E-state index in [1.54, 1.807) is 11.3 Å². The lowest BCUT2D eigenvalue weighted by Crippen LogP contribution is -2.00. The van der Waals surface area contributed by atoms with Gasteiger partial charge in [0.25, 0.3) is 0 Å². The molecule has 0 radical (unpaired) electrons. The van der Waals surface area contributed by atoms with Gasteiger partial charge < -0.3 is 0 Å². The maximum Gasteiger partial charge on any atom is 0.164 e. The molecule has 6 aromatic rings. The van der Waals surface area contributed by atoms with Crippen molar-refractivity contribution in [2.24, 2.45) is 0 Å². The molecule has 0 fully saturated rings. The first kappa shape index (κ1) is 19.1. The molecule has 0 aliphatic heterocycles. The van der Waals surface area contributed by atoms with Crippen molar-refractivity contribution < 1.29 is 0 Å². The Hall–Kier alpha value is -3.60. The highest BCUT2D eigenvalue weighted by Gasteiger charge is 2.14. The maximum atomic E-state index is 6.44. The first-order chi connectivity index (χ1) is 15.8. The standard InChI is InChI=1S/C27H16ClN3S/c28-22-13-7-12-20-21-16-19(14-15-23(21)32-24(20)22)27-30-25(17-8-3-1-4-9-17)29-26(31-27)18-10-5-2-6-11-18/h1-16H. The molecule has 0 saturated carbocycles. The van der Waals surface area contributed by atoms with Crippen molar-refractivity contribution in [1.82, 2.24) is 15.0 Å². The number of hydrogen-bond acceptors (Lipinski definition) is 4. The molecule has 0 atom stereocenters. The van der Waals surface area contributed by atoms with Gasteiger partial charge in [-0.05, 0) is 24.3 Å². The number of aromatic nitrogens is 3. The van der Waals surface area contributed by atoms with Gasteiger partial charge in [-0.25, -0.2) is 15.0 Å². The Labute approximate surface area is 194 Å². The van der Waals surface area contributed by atoms with Crippen LogP contribution in [0.25, 0.3) is 54.3 Å². The number of rotatable bonds is 3. The van der Waals surface area contributed by atoms with Gasteiger partial charge in [0.05, 0.1) is 9.72 Å². The van der Waals surface area contributed by atoms with Crippen LogP contribution in [0.3, 0.4) is 0 Å². The molecule has 0 bridgehead atoms. The molecule has 0 amide bonds. The number of benzene rings is 4. The van der Waals surface area contributed by atoms with Gasteiger partial charge in [0.2, 0.25) is 0 Å². The van der Waals surface area contributed by atoms with E-state index in [0.29, 0.717) is 17.5 Å². The molecular weight excluding hydrogens is 434 g/mol. The molecule has 4 aromatic carbocycles. The van der Waals surface area contributed by atoms with E-state index in [0.717, 1.165) is 37.2 Å². The molecule has 0 unspecified atom stereocenters. The van der Waals surface area contributed by atoms with E-state index in [1.807, 2.05) is 72.8 Å². The summed E-state index contributed by atoms with van der Waals surface area (Å²) < 4.78 is 2.30. The van der Waals surface area contributed by atoms with E-state index in [1.165, 1.54) is 4.70 Å². The average Bonchev–Trinajstić information content (AvgIpc) is 3.24. The van der Waals surface area contributed by atoms with Gasteiger partial charge >= 0.3 is 0 Å². The van der Waals surface area contributed by atoms with Crippen LogP contribution in [0.1, 0.15) is 0 Å². The van der Waals surface area contributed by atoms with Crippen molar-refractivity contribution in [2.45, 2.75) is 0 Å². The number of fused-ring (bicyclic) bond motifs is 3. The van der Waals surface area contributed by atoms with Crippen LogP contribution in [0.5, 0.6) is 0 Å². The van der Waals surface area contributed by atoms with Gasteiger partial charge in [-0.2, -0.15) is 0 Å². The van der Waals surface area contributed by atoms with E-state index in [4.69, 9.17) is 26.6 Å². The molecule has 0 aliphatic rings. The largest absolute Gasteiger partial charge is 0.208 e. The maximum absolute atomic E-state index is 6.44. The monoisotopic (exact) mass is 449 g/mol. The van der Waals surface area contributed by atoms with E-state index in [-0.39, 0.29) is 0 Å². The normalized spacial score (nSPS) is 11.3. The SMILES string of the molecule is Clc1cccc2c1sc1ccc(-c3nc(-c4ccccc4)nc(-c4ccccc4)n3)cc12. The second-order valence-corrected chi connectivity index (χ2v) is 8.93. The molecule has 0 N–H and O–H groups in total. The van der Waals surface area contributed by atoms with Crippen molar-refractivity contribution in [2.75, 3.05) is 0 Å². The summed E-state index contributed by atoms with van der Waals surface area (Å²) in [5.74, 6) is 1.97. The first-order valence-electron chi connectivity index (χ1n) is 10.2. The fraction of sp³-hybridized carbons (Fsp3) is 0. The smallest absolute Gasteiger partial charge is 0.164 e. The van der Waals surface area contributed by atoms with Crippen LogP contribution < -0.4 is 0 Å². The topological polar surface area (TPSA) is 38.7 Å². The van der Waals surface area contributed by atoms with Crippen molar-refractivity contribution >= 4 is 43.1 Å². The zero-order valence-electron chi connectivity index (χ0n) is 16.9. The van der Waals surface area contributed by atoms with Crippen molar-refractivity contribution in [3.05, 3.63) is 102 Å². The van der Waals surface area contributed by atoms with Crippen LogP contribution >= 0.6 is 22.9 Å². The van der Waals surface area contributed by atoms with Gasteiger partial charge in [0.1, 0.15) is 0 Å². The summed E-state index contributed by atoms with van der Waals surface area (Å²) in [6.07, 6.45) is 0. The van der Waals surface area contributed by atoms with Crippen LogP contribution in [0.15, 0.2) is 97.1 Å². The summed E-state index contributed by atoms with van der Waals surface area (Å²) >= 11 is 8.15. The van der Waals surface area contributed by atoms with Crippen molar-refractivity contribution in [1.29, 1.82) is 0 Å². The third-order valence-electron chi connectivity index (χ3n) is 5.41. The Balaban J connectivity index is 1.58. The molecule has 6 rings (SSSR count). The molecule has 32 heavy (non-hydrogen) atoms. The lowest BCUT2D eigenvalue weighted by molar-refractivity contribution is 1.07. The lowest BCUT2D eigenvalue weighted by Gasteiger charge is -2.08. The average molecular weight is 450 g/mol. The third kappa shape index (κ3) is 3.34. The molecule has 2 aromatic heterocycles.